The lowest BCUT2D eigenvalue weighted by molar-refractivity contribution is -0.137. The molecule has 0 aromatic rings. The minimum atomic E-state index is 0. The van der Waals surface area contributed by atoms with Crippen molar-refractivity contribution in [1.29, 1.82) is 0 Å². The molecule has 6 heteroatoms. The van der Waals surface area contributed by atoms with Crippen LogP contribution in [0.15, 0.2) is 0 Å². The maximum absolute atomic E-state index is 12.1. The third kappa shape index (κ3) is 5.65. The van der Waals surface area contributed by atoms with Gasteiger partial charge in [-0.15, -0.1) is 12.4 Å². The quantitative estimate of drug-likeness (QED) is 0.828. The maximum atomic E-state index is 12.1. The molecule has 2 saturated heterocycles. The summed E-state index contributed by atoms with van der Waals surface area (Å²) in [6, 6.07) is 0. The van der Waals surface area contributed by atoms with Crippen molar-refractivity contribution in [2.24, 2.45) is 5.92 Å². The Morgan fingerprint density at radius 2 is 2.05 bits per heavy atom. The van der Waals surface area contributed by atoms with Gasteiger partial charge in [0.05, 0.1) is 25.9 Å². The minimum Gasteiger partial charge on any atom is -0.376 e. The number of nitrogens with one attached hydrogen (secondary N) is 1. The van der Waals surface area contributed by atoms with Gasteiger partial charge < -0.3 is 19.7 Å². The number of ether oxygens (including phenoxy) is 2. The van der Waals surface area contributed by atoms with Gasteiger partial charge in [-0.25, -0.2) is 0 Å². The van der Waals surface area contributed by atoms with Crippen molar-refractivity contribution in [3.63, 3.8) is 0 Å². The molecule has 1 unspecified atom stereocenters. The number of carbonyl (C=O) groups is 1. The van der Waals surface area contributed by atoms with E-state index in [0.29, 0.717) is 38.7 Å². The topological polar surface area (TPSA) is 50.8 Å². The van der Waals surface area contributed by atoms with Crippen LogP contribution in [0.4, 0.5) is 0 Å². The zero-order valence-electron chi connectivity index (χ0n) is 11.6. The Hall–Kier alpha value is -0.360. The van der Waals surface area contributed by atoms with Crippen molar-refractivity contribution >= 4 is 18.3 Å². The maximum Gasteiger partial charge on any atom is 0.222 e. The fraction of sp³-hybridized carbons (Fsp3) is 0.923. The van der Waals surface area contributed by atoms with E-state index in [1.165, 1.54) is 0 Å². The second kappa shape index (κ2) is 8.74. The summed E-state index contributed by atoms with van der Waals surface area (Å²) in [5.41, 5.74) is 0. The zero-order valence-corrected chi connectivity index (χ0v) is 12.4. The van der Waals surface area contributed by atoms with Gasteiger partial charge in [-0.05, 0) is 31.8 Å². The first kappa shape index (κ1) is 16.7. The van der Waals surface area contributed by atoms with E-state index >= 15 is 0 Å². The van der Waals surface area contributed by atoms with Gasteiger partial charge in [0.1, 0.15) is 0 Å². The predicted octanol–water partition coefficient (Wildman–Crippen LogP) is 0.672. The Morgan fingerprint density at radius 3 is 2.68 bits per heavy atom. The highest BCUT2D eigenvalue weighted by Gasteiger charge is 2.22. The number of rotatable bonds is 4. The summed E-state index contributed by atoms with van der Waals surface area (Å²) in [6.45, 7) is 4.64. The predicted molar refractivity (Wildman–Crippen MR) is 75.7 cm³/mol. The van der Waals surface area contributed by atoms with E-state index in [9.17, 15) is 4.79 Å². The van der Waals surface area contributed by atoms with Crippen LogP contribution in [-0.4, -0.2) is 63.4 Å². The summed E-state index contributed by atoms with van der Waals surface area (Å²) in [6.07, 6.45) is 2.94. The number of piperidine rings is 1. The molecular weight excluding hydrogens is 268 g/mol. The molecule has 0 aromatic carbocycles. The van der Waals surface area contributed by atoms with Gasteiger partial charge in [-0.3, -0.25) is 4.79 Å². The van der Waals surface area contributed by atoms with Crippen molar-refractivity contribution in [3.05, 3.63) is 0 Å². The Bertz CT molecular complexity index is 267. The minimum absolute atomic E-state index is 0. The molecule has 0 radical (unpaired) electrons. The number of carbonyl (C=O) groups excluding carboxylic acids is 1. The molecule has 2 aliphatic rings. The molecule has 0 bridgehead atoms. The zero-order chi connectivity index (χ0) is 12.8. The lowest BCUT2D eigenvalue weighted by atomic mass is 9.94. The molecule has 5 nitrogen and oxygen atoms in total. The second-order valence-electron chi connectivity index (χ2n) is 5.24. The van der Waals surface area contributed by atoms with E-state index in [1.807, 2.05) is 7.05 Å². The van der Waals surface area contributed by atoms with E-state index in [0.717, 1.165) is 25.9 Å². The average molecular weight is 293 g/mol. The first-order valence-corrected chi connectivity index (χ1v) is 6.89. The van der Waals surface area contributed by atoms with E-state index in [-0.39, 0.29) is 24.4 Å². The van der Waals surface area contributed by atoms with Crippen LogP contribution in [0.2, 0.25) is 0 Å². The lowest BCUT2D eigenvalue weighted by Gasteiger charge is -2.29. The standard InChI is InChI=1S/C13H24N2O3.ClH/c1-15(9-12-10-17-6-7-18-12)13(16)8-11-2-4-14-5-3-11;/h11-12,14H,2-10H2,1H3;1H. The number of nitrogens with zero attached hydrogens (tertiary/aromatic N) is 1. The monoisotopic (exact) mass is 292 g/mol. The highest BCUT2D eigenvalue weighted by atomic mass is 35.5. The molecule has 1 atom stereocenters. The molecule has 2 fully saturated rings. The molecule has 0 saturated carbocycles. The van der Waals surface area contributed by atoms with Gasteiger partial charge in [0.15, 0.2) is 0 Å². The summed E-state index contributed by atoms with van der Waals surface area (Å²) < 4.78 is 10.9. The number of halogens is 1. The molecule has 0 aliphatic carbocycles. The van der Waals surface area contributed by atoms with Crippen molar-refractivity contribution < 1.29 is 14.3 Å². The molecule has 1 amide bonds. The third-order valence-electron chi connectivity index (χ3n) is 3.71. The van der Waals surface area contributed by atoms with Gasteiger partial charge in [0.2, 0.25) is 5.91 Å². The van der Waals surface area contributed by atoms with Crippen LogP contribution in [0.3, 0.4) is 0 Å². The molecule has 2 aliphatic heterocycles. The molecule has 19 heavy (non-hydrogen) atoms. The van der Waals surface area contributed by atoms with Crippen LogP contribution < -0.4 is 5.32 Å². The third-order valence-corrected chi connectivity index (χ3v) is 3.71. The molecule has 0 aromatic heterocycles. The van der Waals surface area contributed by atoms with Crippen molar-refractivity contribution in [1.82, 2.24) is 10.2 Å². The van der Waals surface area contributed by atoms with Crippen LogP contribution in [0.5, 0.6) is 0 Å². The highest BCUT2D eigenvalue weighted by molar-refractivity contribution is 5.85. The summed E-state index contributed by atoms with van der Waals surface area (Å²) >= 11 is 0. The number of hydrogen-bond donors (Lipinski definition) is 1. The van der Waals surface area contributed by atoms with Crippen molar-refractivity contribution in [3.8, 4) is 0 Å². The average Bonchev–Trinajstić information content (AvgIpc) is 2.41. The molecule has 0 spiro atoms. The lowest BCUT2D eigenvalue weighted by Crippen LogP contribution is -2.41. The van der Waals surface area contributed by atoms with Crippen LogP contribution >= 0.6 is 12.4 Å². The number of likely N-dealkylation sites (N-methyl/N-ethyl adjacent to an activating group) is 1. The fourth-order valence-electron chi connectivity index (χ4n) is 2.54. The number of hydrogen-bond acceptors (Lipinski definition) is 4. The van der Waals surface area contributed by atoms with Gasteiger partial charge in [-0.2, -0.15) is 0 Å². The smallest absolute Gasteiger partial charge is 0.222 e. The number of amides is 1. The molecular formula is C13H25ClN2O3. The first-order valence-electron chi connectivity index (χ1n) is 6.89. The summed E-state index contributed by atoms with van der Waals surface area (Å²) in [4.78, 5) is 13.9. The highest BCUT2D eigenvalue weighted by Crippen LogP contribution is 2.17. The van der Waals surface area contributed by atoms with Crippen LogP contribution in [-0.2, 0) is 14.3 Å². The van der Waals surface area contributed by atoms with Gasteiger partial charge in [-0.1, -0.05) is 0 Å². The molecule has 2 rings (SSSR count). The summed E-state index contributed by atoms with van der Waals surface area (Å²) in [5, 5.41) is 3.32. The van der Waals surface area contributed by atoms with Crippen LogP contribution in [0, 0.1) is 5.92 Å². The van der Waals surface area contributed by atoms with Crippen molar-refractivity contribution in [2.75, 3.05) is 46.5 Å². The molecule has 2 heterocycles. The molecule has 112 valence electrons. The van der Waals surface area contributed by atoms with Crippen molar-refractivity contribution in [2.45, 2.75) is 25.4 Å². The summed E-state index contributed by atoms with van der Waals surface area (Å²) in [7, 11) is 1.86. The normalized spacial score (nSPS) is 24.6. The molecule has 1 N–H and O–H groups in total. The second-order valence-corrected chi connectivity index (χ2v) is 5.24. The largest absolute Gasteiger partial charge is 0.376 e. The SMILES string of the molecule is CN(CC1COCCO1)C(=O)CC1CCNCC1.Cl. The Labute approximate surface area is 121 Å². The van der Waals surface area contributed by atoms with Crippen LogP contribution in [0.25, 0.3) is 0 Å². The van der Waals surface area contributed by atoms with Gasteiger partial charge >= 0.3 is 0 Å². The van der Waals surface area contributed by atoms with Gasteiger partial charge in [0.25, 0.3) is 0 Å². The van der Waals surface area contributed by atoms with Gasteiger partial charge in [0, 0.05) is 20.0 Å². The Kier molecular flexibility index (Phi) is 7.68. The summed E-state index contributed by atoms with van der Waals surface area (Å²) in [5.74, 6) is 0.779. The Morgan fingerprint density at radius 1 is 1.32 bits per heavy atom. The van der Waals surface area contributed by atoms with E-state index < -0.39 is 0 Å². The van der Waals surface area contributed by atoms with E-state index in [4.69, 9.17) is 9.47 Å². The van der Waals surface area contributed by atoms with E-state index in [1.54, 1.807) is 4.90 Å². The Balaban J connectivity index is 0.00000180. The first-order chi connectivity index (χ1) is 8.75. The van der Waals surface area contributed by atoms with E-state index in [2.05, 4.69) is 5.32 Å². The fourth-order valence-corrected chi connectivity index (χ4v) is 2.54. The van der Waals surface area contributed by atoms with Crippen LogP contribution in [0.1, 0.15) is 19.3 Å².